The van der Waals surface area contributed by atoms with E-state index < -0.39 is 21.6 Å². The molecule has 2 aromatic carbocycles. The predicted octanol–water partition coefficient (Wildman–Crippen LogP) is 3.59. The van der Waals surface area contributed by atoms with Crippen LogP contribution in [-0.2, 0) is 27.6 Å². The van der Waals surface area contributed by atoms with Crippen LogP contribution in [0.4, 0.5) is 4.39 Å². The van der Waals surface area contributed by atoms with Crippen LogP contribution in [0.1, 0.15) is 17.0 Å². The zero-order valence-corrected chi connectivity index (χ0v) is 16.7. The molecule has 7 nitrogen and oxygen atoms in total. The van der Waals surface area contributed by atoms with Gasteiger partial charge in [-0.3, -0.25) is 4.79 Å². The Hall–Kier alpha value is -3.46. The molecule has 30 heavy (non-hydrogen) atoms. The van der Waals surface area contributed by atoms with E-state index in [0.29, 0.717) is 22.2 Å². The minimum atomic E-state index is -3.94. The Labute approximate surface area is 171 Å². The van der Waals surface area contributed by atoms with E-state index in [9.17, 15) is 22.7 Å². The molecule has 0 bridgehead atoms. The Morgan fingerprint density at radius 2 is 1.93 bits per heavy atom. The number of oxazole rings is 1. The maximum Gasteiger partial charge on any atom is 0.323 e. The number of hydrogen-bond donors (Lipinski definition) is 1. The second kappa shape index (κ2) is 7.42. The van der Waals surface area contributed by atoms with Gasteiger partial charge in [-0.25, -0.2) is 17.8 Å². The number of aliphatic carboxylic acids is 1. The van der Waals surface area contributed by atoms with Gasteiger partial charge in [0.1, 0.15) is 18.1 Å². The van der Waals surface area contributed by atoms with Crippen LogP contribution in [0.3, 0.4) is 0 Å². The van der Waals surface area contributed by atoms with Crippen molar-refractivity contribution in [1.82, 2.24) is 9.55 Å². The van der Waals surface area contributed by atoms with Gasteiger partial charge in [0.05, 0.1) is 4.90 Å². The van der Waals surface area contributed by atoms with E-state index in [1.54, 1.807) is 29.7 Å². The van der Waals surface area contributed by atoms with Crippen LogP contribution in [0.5, 0.6) is 0 Å². The maximum atomic E-state index is 13.9. The van der Waals surface area contributed by atoms with Gasteiger partial charge in [-0.1, -0.05) is 18.2 Å². The van der Waals surface area contributed by atoms with Crippen LogP contribution in [0.2, 0.25) is 0 Å². The summed E-state index contributed by atoms with van der Waals surface area (Å²) in [5.41, 5.74) is 1.89. The van der Waals surface area contributed by atoms with Crippen molar-refractivity contribution in [2.24, 2.45) is 0 Å². The van der Waals surface area contributed by atoms with Gasteiger partial charge in [0.25, 0.3) is 0 Å². The van der Waals surface area contributed by atoms with Crippen molar-refractivity contribution in [2.75, 3.05) is 0 Å². The third-order valence-corrected chi connectivity index (χ3v) is 6.67. The summed E-state index contributed by atoms with van der Waals surface area (Å²) < 4.78 is 46.7. The van der Waals surface area contributed by atoms with Crippen LogP contribution < -0.4 is 0 Å². The highest BCUT2D eigenvalue weighted by Crippen LogP contribution is 2.31. The van der Waals surface area contributed by atoms with E-state index >= 15 is 0 Å². The Morgan fingerprint density at radius 3 is 2.63 bits per heavy atom. The van der Waals surface area contributed by atoms with Crippen LogP contribution in [0.25, 0.3) is 10.9 Å². The normalized spacial score (nSPS) is 11.8. The summed E-state index contributed by atoms with van der Waals surface area (Å²) in [6, 6.07) is 11.9. The van der Waals surface area contributed by atoms with E-state index in [1.165, 1.54) is 30.3 Å². The number of nitrogens with zero attached hydrogens (tertiary/aromatic N) is 2. The summed E-state index contributed by atoms with van der Waals surface area (Å²) in [6.07, 6.45) is 1.09. The number of aromatic nitrogens is 2. The molecular formula is C21H17FN2O5S. The molecule has 1 N–H and O–H groups in total. The first-order valence-corrected chi connectivity index (χ1v) is 10.5. The molecule has 2 heterocycles. The van der Waals surface area contributed by atoms with Crippen LogP contribution >= 0.6 is 0 Å². The van der Waals surface area contributed by atoms with Gasteiger partial charge in [0.2, 0.25) is 14.9 Å². The van der Waals surface area contributed by atoms with Gasteiger partial charge >= 0.3 is 5.97 Å². The molecular weight excluding hydrogens is 411 g/mol. The number of sulfone groups is 1. The molecule has 0 amide bonds. The van der Waals surface area contributed by atoms with E-state index in [-0.39, 0.29) is 28.6 Å². The molecule has 4 aromatic rings. The van der Waals surface area contributed by atoms with E-state index in [1.807, 2.05) is 0 Å². The molecule has 2 aromatic heterocycles. The van der Waals surface area contributed by atoms with E-state index in [2.05, 4.69) is 4.98 Å². The lowest BCUT2D eigenvalue weighted by Crippen LogP contribution is -2.10. The molecule has 0 fully saturated rings. The van der Waals surface area contributed by atoms with Gasteiger partial charge in [-0.2, -0.15) is 0 Å². The summed E-state index contributed by atoms with van der Waals surface area (Å²) >= 11 is 0. The highest BCUT2D eigenvalue weighted by molar-refractivity contribution is 7.91. The monoisotopic (exact) mass is 428 g/mol. The van der Waals surface area contributed by atoms with Gasteiger partial charge in [0, 0.05) is 23.0 Å². The third-order valence-electron chi connectivity index (χ3n) is 4.96. The number of rotatable bonds is 6. The fourth-order valence-electron chi connectivity index (χ4n) is 3.55. The number of halogens is 1. The first-order chi connectivity index (χ1) is 14.3. The standard InChI is InChI=1S/C21H17FN2O5S/c1-13-16(17-9-14(22)7-8-19(17)24(13)11-20(25)26)10-18-21(29-12-23-18)30(27,28)15-5-3-2-4-6-15/h2-9,12H,10-11H2,1H3,(H,25,26). The minimum Gasteiger partial charge on any atom is -0.480 e. The minimum absolute atomic E-state index is 0.0380. The summed E-state index contributed by atoms with van der Waals surface area (Å²) in [7, 11) is -3.94. The first-order valence-electron chi connectivity index (χ1n) is 9.00. The molecule has 0 aliphatic carbocycles. The second-order valence-corrected chi connectivity index (χ2v) is 8.63. The third kappa shape index (κ3) is 3.37. The molecule has 0 radical (unpaired) electrons. The quantitative estimate of drug-likeness (QED) is 0.504. The Bertz CT molecular complexity index is 1360. The molecule has 0 spiro atoms. The Kier molecular flexibility index (Phi) is 4.90. The second-order valence-electron chi connectivity index (χ2n) is 6.79. The number of carbonyl (C=O) groups is 1. The van der Waals surface area contributed by atoms with Crippen molar-refractivity contribution in [3.63, 3.8) is 0 Å². The summed E-state index contributed by atoms with van der Waals surface area (Å²) in [6.45, 7) is 1.41. The Balaban J connectivity index is 1.84. The lowest BCUT2D eigenvalue weighted by molar-refractivity contribution is -0.137. The van der Waals surface area contributed by atoms with E-state index in [4.69, 9.17) is 4.42 Å². The average Bonchev–Trinajstić information content (AvgIpc) is 3.28. The smallest absolute Gasteiger partial charge is 0.323 e. The zero-order valence-electron chi connectivity index (χ0n) is 15.9. The van der Waals surface area contributed by atoms with Crippen LogP contribution in [-0.4, -0.2) is 29.0 Å². The fraction of sp³-hybridized carbons (Fsp3) is 0.143. The fourth-order valence-corrected chi connectivity index (χ4v) is 4.89. The lowest BCUT2D eigenvalue weighted by Gasteiger charge is -2.06. The first kappa shape index (κ1) is 19.8. The van der Waals surface area contributed by atoms with Gasteiger partial charge in [0.15, 0.2) is 6.39 Å². The zero-order chi connectivity index (χ0) is 21.5. The summed E-state index contributed by atoms with van der Waals surface area (Å²) in [4.78, 5) is 15.4. The molecule has 9 heteroatoms. The molecule has 0 aliphatic rings. The number of benzene rings is 2. The molecule has 0 unspecified atom stereocenters. The SMILES string of the molecule is Cc1c(Cc2ncoc2S(=O)(=O)c2ccccc2)c2cc(F)ccc2n1CC(=O)O. The molecule has 0 saturated carbocycles. The van der Waals surface area contributed by atoms with Gasteiger partial charge in [-0.15, -0.1) is 0 Å². The molecule has 0 aliphatic heterocycles. The number of carboxylic acid groups (broad SMARTS) is 1. The van der Waals surface area contributed by atoms with Gasteiger partial charge in [-0.05, 0) is 42.8 Å². The average molecular weight is 428 g/mol. The molecule has 4 rings (SSSR count). The van der Waals surface area contributed by atoms with Crippen molar-refractivity contribution in [3.8, 4) is 0 Å². The van der Waals surface area contributed by atoms with E-state index in [0.717, 1.165) is 6.39 Å². The van der Waals surface area contributed by atoms with Gasteiger partial charge < -0.3 is 14.1 Å². The molecule has 0 atom stereocenters. The summed E-state index contributed by atoms with van der Waals surface area (Å²) in [5.74, 6) is -1.52. The highest BCUT2D eigenvalue weighted by atomic mass is 32.2. The van der Waals surface area contributed by atoms with Crippen LogP contribution in [0.15, 0.2) is 69.3 Å². The maximum absolute atomic E-state index is 13.9. The number of hydrogen-bond acceptors (Lipinski definition) is 5. The van der Waals surface area contributed by atoms with Crippen LogP contribution in [0, 0.1) is 12.7 Å². The summed E-state index contributed by atoms with van der Waals surface area (Å²) in [5, 5.41) is 9.46. The van der Waals surface area contributed by atoms with Crippen molar-refractivity contribution in [3.05, 3.63) is 77.7 Å². The van der Waals surface area contributed by atoms with Crippen molar-refractivity contribution in [1.29, 1.82) is 0 Å². The predicted molar refractivity (Wildman–Crippen MR) is 105 cm³/mol. The number of carboxylic acids is 1. The molecule has 154 valence electrons. The number of fused-ring (bicyclic) bond motifs is 1. The topological polar surface area (TPSA) is 102 Å². The van der Waals surface area contributed by atoms with Crippen molar-refractivity contribution >= 4 is 26.7 Å². The largest absolute Gasteiger partial charge is 0.480 e. The lowest BCUT2D eigenvalue weighted by atomic mass is 10.1. The van der Waals surface area contributed by atoms with Crippen molar-refractivity contribution < 1.29 is 27.1 Å². The Morgan fingerprint density at radius 1 is 1.20 bits per heavy atom. The molecule has 0 saturated heterocycles. The van der Waals surface area contributed by atoms with Crippen molar-refractivity contribution in [2.45, 2.75) is 29.9 Å². The highest BCUT2D eigenvalue weighted by Gasteiger charge is 2.27.